The number of carbonyl (C=O) groups excluding carboxylic acids is 1. The highest BCUT2D eigenvalue weighted by Gasteiger charge is 2.23. The number of nitrogens with zero attached hydrogens (tertiary/aromatic N) is 2. The minimum Gasteiger partial charge on any atom is -0.478 e. The number of aryl methyl sites for hydroxylation is 1. The number of rotatable bonds is 3. The lowest BCUT2D eigenvalue weighted by atomic mass is 10.1. The molecule has 0 heterocycles. The van der Waals surface area contributed by atoms with Crippen LogP contribution in [0, 0.1) is 17.0 Å². The molecule has 1 amide bonds. The number of nitro groups is 1. The minimum absolute atomic E-state index is 0.0319. The molecule has 1 aromatic rings. The van der Waals surface area contributed by atoms with E-state index in [2.05, 4.69) is 0 Å². The van der Waals surface area contributed by atoms with E-state index in [0.29, 0.717) is 0 Å². The van der Waals surface area contributed by atoms with Crippen molar-refractivity contribution < 1.29 is 19.6 Å². The first-order valence-electron chi connectivity index (χ1n) is 5.02. The second-order valence-corrected chi connectivity index (χ2v) is 3.80. The number of carboxylic acid groups (broad SMARTS) is 1. The summed E-state index contributed by atoms with van der Waals surface area (Å²) >= 11 is 0. The molecule has 0 aliphatic heterocycles. The number of carboxylic acids is 1. The lowest BCUT2D eigenvalue weighted by Crippen LogP contribution is -2.24. The van der Waals surface area contributed by atoms with Gasteiger partial charge in [0.25, 0.3) is 5.69 Å². The van der Waals surface area contributed by atoms with Crippen LogP contribution in [0.5, 0.6) is 0 Å². The SMILES string of the molecule is CC(=O)N(C)c1cc(C(=O)O)c(C)cc1[N+](=O)[O-]. The van der Waals surface area contributed by atoms with Gasteiger partial charge in [-0.3, -0.25) is 14.9 Å². The lowest BCUT2D eigenvalue weighted by Gasteiger charge is -2.16. The van der Waals surface area contributed by atoms with Crippen LogP contribution in [0.2, 0.25) is 0 Å². The quantitative estimate of drug-likeness (QED) is 0.650. The molecule has 0 aromatic heterocycles. The molecule has 7 heteroatoms. The molecule has 0 aliphatic rings. The molecule has 0 radical (unpaired) electrons. The summed E-state index contributed by atoms with van der Waals surface area (Å²) in [5, 5.41) is 19.9. The Bertz CT molecular complexity index is 538. The summed E-state index contributed by atoms with van der Waals surface area (Å²) in [4.78, 5) is 33.5. The number of benzene rings is 1. The Hall–Kier alpha value is -2.44. The smallest absolute Gasteiger partial charge is 0.336 e. The van der Waals surface area contributed by atoms with Crippen molar-refractivity contribution in [2.45, 2.75) is 13.8 Å². The fraction of sp³-hybridized carbons (Fsp3) is 0.273. The van der Waals surface area contributed by atoms with E-state index in [1.807, 2.05) is 0 Å². The van der Waals surface area contributed by atoms with Gasteiger partial charge in [0, 0.05) is 20.0 Å². The minimum atomic E-state index is -1.19. The van der Waals surface area contributed by atoms with E-state index in [1.54, 1.807) is 0 Å². The standard InChI is InChI=1S/C11H12N2O5/c1-6-4-10(13(17)18)9(12(3)7(2)14)5-8(6)11(15)16/h4-5H,1-3H3,(H,15,16). The average molecular weight is 252 g/mol. The molecule has 96 valence electrons. The highest BCUT2D eigenvalue weighted by atomic mass is 16.6. The van der Waals surface area contributed by atoms with Crippen LogP contribution < -0.4 is 4.90 Å². The van der Waals surface area contributed by atoms with E-state index in [4.69, 9.17) is 5.11 Å². The molecule has 0 bridgehead atoms. The summed E-state index contributed by atoms with van der Waals surface area (Å²) in [6, 6.07) is 2.29. The second-order valence-electron chi connectivity index (χ2n) is 3.80. The van der Waals surface area contributed by atoms with Crippen LogP contribution in [-0.4, -0.2) is 29.0 Å². The third-order valence-electron chi connectivity index (χ3n) is 2.58. The van der Waals surface area contributed by atoms with Crippen molar-refractivity contribution in [3.05, 3.63) is 33.4 Å². The van der Waals surface area contributed by atoms with Crippen LogP contribution in [0.4, 0.5) is 11.4 Å². The molecule has 0 saturated heterocycles. The van der Waals surface area contributed by atoms with Crippen molar-refractivity contribution >= 4 is 23.3 Å². The lowest BCUT2D eigenvalue weighted by molar-refractivity contribution is -0.384. The molecule has 1 aromatic carbocycles. The first-order valence-corrected chi connectivity index (χ1v) is 5.02. The zero-order chi connectivity index (χ0) is 14.0. The van der Waals surface area contributed by atoms with Crippen molar-refractivity contribution in [2.24, 2.45) is 0 Å². The van der Waals surface area contributed by atoms with Crippen molar-refractivity contribution in [2.75, 3.05) is 11.9 Å². The Balaban J connectivity index is 3.54. The molecule has 1 rings (SSSR count). The molecule has 0 atom stereocenters. The summed E-state index contributed by atoms with van der Waals surface area (Å²) in [6.07, 6.45) is 0. The number of anilines is 1. The normalized spacial score (nSPS) is 9.94. The van der Waals surface area contributed by atoms with Gasteiger partial charge in [0.2, 0.25) is 5.91 Å². The molecular weight excluding hydrogens is 240 g/mol. The maximum Gasteiger partial charge on any atom is 0.336 e. The van der Waals surface area contributed by atoms with E-state index in [9.17, 15) is 19.7 Å². The van der Waals surface area contributed by atoms with Crippen LogP contribution in [0.1, 0.15) is 22.8 Å². The highest BCUT2D eigenvalue weighted by Crippen LogP contribution is 2.30. The van der Waals surface area contributed by atoms with Gasteiger partial charge in [0.15, 0.2) is 0 Å². The largest absolute Gasteiger partial charge is 0.478 e. The van der Waals surface area contributed by atoms with Gasteiger partial charge < -0.3 is 10.0 Å². The molecule has 0 spiro atoms. The van der Waals surface area contributed by atoms with E-state index < -0.39 is 16.8 Å². The predicted molar refractivity (Wildman–Crippen MR) is 63.9 cm³/mol. The van der Waals surface area contributed by atoms with Gasteiger partial charge in [-0.15, -0.1) is 0 Å². The Morgan fingerprint density at radius 1 is 1.39 bits per heavy atom. The number of hydrogen-bond donors (Lipinski definition) is 1. The molecule has 7 nitrogen and oxygen atoms in total. The van der Waals surface area contributed by atoms with Gasteiger partial charge >= 0.3 is 5.97 Å². The summed E-state index contributed by atoms with van der Waals surface area (Å²) < 4.78 is 0. The van der Waals surface area contributed by atoms with Gasteiger partial charge in [-0.2, -0.15) is 0 Å². The Morgan fingerprint density at radius 3 is 2.33 bits per heavy atom. The second kappa shape index (κ2) is 4.82. The molecule has 1 N–H and O–H groups in total. The molecular formula is C11H12N2O5. The van der Waals surface area contributed by atoms with E-state index in [1.165, 1.54) is 20.9 Å². The maximum atomic E-state index is 11.2. The van der Waals surface area contributed by atoms with Gasteiger partial charge in [-0.25, -0.2) is 4.79 Å². The van der Waals surface area contributed by atoms with Gasteiger partial charge in [-0.05, 0) is 18.6 Å². The predicted octanol–water partition coefficient (Wildman–Crippen LogP) is 1.58. The summed E-state index contributed by atoms with van der Waals surface area (Å²) in [5.74, 6) is -1.61. The van der Waals surface area contributed by atoms with E-state index in [-0.39, 0.29) is 22.5 Å². The number of hydrogen-bond acceptors (Lipinski definition) is 4. The summed E-state index contributed by atoms with van der Waals surface area (Å²) in [7, 11) is 1.35. The molecule has 0 aliphatic carbocycles. The Morgan fingerprint density at radius 2 is 1.94 bits per heavy atom. The number of carbonyl (C=O) groups is 2. The summed E-state index contributed by atoms with van der Waals surface area (Å²) in [5.41, 5.74) is -0.121. The van der Waals surface area contributed by atoms with Crippen LogP contribution in [0.25, 0.3) is 0 Å². The number of nitro benzene ring substituents is 1. The zero-order valence-corrected chi connectivity index (χ0v) is 10.1. The number of amides is 1. The molecule has 0 fully saturated rings. The van der Waals surface area contributed by atoms with Gasteiger partial charge in [0.05, 0.1) is 10.5 Å². The Labute approximate surface area is 103 Å². The fourth-order valence-electron chi connectivity index (χ4n) is 1.50. The first kappa shape index (κ1) is 13.6. The maximum absolute atomic E-state index is 11.2. The van der Waals surface area contributed by atoms with Crippen molar-refractivity contribution in [1.29, 1.82) is 0 Å². The Kier molecular flexibility index (Phi) is 3.65. The highest BCUT2D eigenvalue weighted by molar-refractivity contribution is 5.97. The van der Waals surface area contributed by atoms with Crippen LogP contribution in [-0.2, 0) is 4.79 Å². The average Bonchev–Trinajstić information content (AvgIpc) is 2.26. The van der Waals surface area contributed by atoms with E-state index >= 15 is 0 Å². The summed E-state index contributed by atoms with van der Waals surface area (Å²) in [6.45, 7) is 2.71. The van der Waals surface area contributed by atoms with Crippen molar-refractivity contribution in [3.63, 3.8) is 0 Å². The zero-order valence-electron chi connectivity index (χ0n) is 10.1. The monoisotopic (exact) mass is 252 g/mol. The fourth-order valence-corrected chi connectivity index (χ4v) is 1.50. The molecule has 18 heavy (non-hydrogen) atoms. The van der Waals surface area contributed by atoms with Gasteiger partial charge in [-0.1, -0.05) is 0 Å². The third-order valence-corrected chi connectivity index (χ3v) is 2.58. The van der Waals surface area contributed by atoms with Crippen LogP contribution >= 0.6 is 0 Å². The molecule has 0 saturated carbocycles. The van der Waals surface area contributed by atoms with Crippen LogP contribution in [0.15, 0.2) is 12.1 Å². The van der Waals surface area contributed by atoms with Gasteiger partial charge in [0.1, 0.15) is 5.69 Å². The molecule has 0 unspecified atom stereocenters. The van der Waals surface area contributed by atoms with E-state index in [0.717, 1.165) is 17.0 Å². The third kappa shape index (κ3) is 2.45. The van der Waals surface area contributed by atoms with Crippen LogP contribution in [0.3, 0.4) is 0 Å². The number of aromatic carboxylic acids is 1. The van der Waals surface area contributed by atoms with Crippen molar-refractivity contribution in [3.8, 4) is 0 Å². The van der Waals surface area contributed by atoms with Crippen molar-refractivity contribution in [1.82, 2.24) is 0 Å². The first-order chi connectivity index (χ1) is 8.25. The topological polar surface area (TPSA) is 101 Å².